The molecule has 1 aromatic rings. The van der Waals surface area contributed by atoms with Crippen molar-refractivity contribution in [2.24, 2.45) is 0 Å². The Morgan fingerprint density at radius 3 is 3.06 bits per heavy atom. The van der Waals surface area contributed by atoms with Gasteiger partial charge in [0.25, 0.3) is 0 Å². The summed E-state index contributed by atoms with van der Waals surface area (Å²) in [4.78, 5) is 13.4. The first-order chi connectivity index (χ1) is 8.20. The van der Waals surface area contributed by atoms with E-state index in [-0.39, 0.29) is 12.5 Å². The minimum absolute atomic E-state index is 0.00938. The minimum Gasteiger partial charge on any atom is -0.496 e. The molecule has 0 unspecified atom stereocenters. The van der Waals surface area contributed by atoms with E-state index in [2.05, 4.69) is 0 Å². The third kappa shape index (κ3) is 2.68. The van der Waals surface area contributed by atoms with E-state index in [9.17, 15) is 4.79 Å². The van der Waals surface area contributed by atoms with E-state index < -0.39 is 0 Å². The Balaban J connectivity index is 2.14. The Labute approximate surface area is 100 Å². The normalized spacial score (nSPS) is 16.1. The van der Waals surface area contributed by atoms with E-state index in [1.54, 1.807) is 18.1 Å². The van der Waals surface area contributed by atoms with Crippen molar-refractivity contribution in [2.75, 3.05) is 32.6 Å². The van der Waals surface area contributed by atoms with E-state index in [1.165, 1.54) is 0 Å². The highest BCUT2D eigenvalue weighted by Crippen LogP contribution is 2.23. The number of hydrogen-bond donors (Lipinski definition) is 1. The number of nitrogen functional groups attached to an aromatic ring is 1. The molecule has 0 atom stereocenters. The number of hydrogen-bond acceptors (Lipinski definition) is 4. The van der Waals surface area contributed by atoms with Crippen LogP contribution in [0.15, 0.2) is 18.2 Å². The maximum absolute atomic E-state index is 11.6. The highest BCUT2D eigenvalue weighted by atomic mass is 16.5. The van der Waals surface area contributed by atoms with Crippen LogP contribution in [-0.4, -0.2) is 37.7 Å². The van der Waals surface area contributed by atoms with Crippen LogP contribution < -0.4 is 10.5 Å². The SMILES string of the molecule is COc1cc(N)ccc1CN1CCOCC1=O. The molecule has 17 heavy (non-hydrogen) atoms. The fraction of sp³-hybridized carbons (Fsp3) is 0.417. The molecular weight excluding hydrogens is 220 g/mol. The lowest BCUT2D eigenvalue weighted by Crippen LogP contribution is -2.40. The van der Waals surface area contributed by atoms with Crippen LogP contribution in [0.1, 0.15) is 5.56 Å². The predicted molar refractivity (Wildman–Crippen MR) is 63.6 cm³/mol. The highest BCUT2D eigenvalue weighted by Gasteiger charge is 2.19. The van der Waals surface area contributed by atoms with Crippen molar-refractivity contribution in [3.8, 4) is 5.75 Å². The number of carbonyl (C=O) groups is 1. The fourth-order valence-corrected chi connectivity index (χ4v) is 1.81. The summed E-state index contributed by atoms with van der Waals surface area (Å²) in [6.07, 6.45) is 0. The molecule has 1 amide bonds. The minimum atomic E-state index is 0.00938. The van der Waals surface area contributed by atoms with Gasteiger partial charge in [-0.15, -0.1) is 0 Å². The van der Waals surface area contributed by atoms with E-state index in [1.807, 2.05) is 12.1 Å². The third-order valence-electron chi connectivity index (χ3n) is 2.76. The molecular formula is C12H16N2O3. The molecule has 0 aliphatic carbocycles. The second-order valence-electron chi connectivity index (χ2n) is 3.94. The molecule has 92 valence electrons. The van der Waals surface area contributed by atoms with Gasteiger partial charge in [-0.25, -0.2) is 0 Å². The van der Waals surface area contributed by atoms with E-state index in [0.29, 0.717) is 31.1 Å². The van der Waals surface area contributed by atoms with Gasteiger partial charge < -0.3 is 20.1 Å². The van der Waals surface area contributed by atoms with Crippen molar-refractivity contribution >= 4 is 11.6 Å². The molecule has 5 heteroatoms. The lowest BCUT2D eigenvalue weighted by atomic mass is 10.1. The topological polar surface area (TPSA) is 64.8 Å². The molecule has 1 aromatic carbocycles. The summed E-state index contributed by atoms with van der Waals surface area (Å²) in [5.74, 6) is 0.722. The molecule has 0 aromatic heterocycles. The van der Waals surface area contributed by atoms with Gasteiger partial charge in [0.05, 0.1) is 13.7 Å². The van der Waals surface area contributed by atoms with Crippen LogP contribution in [0.25, 0.3) is 0 Å². The molecule has 0 spiro atoms. The van der Waals surface area contributed by atoms with Crippen LogP contribution in [-0.2, 0) is 16.1 Å². The standard InChI is InChI=1S/C12H16N2O3/c1-16-11-6-10(13)3-2-9(11)7-14-4-5-17-8-12(14)15/h2-3,6H,4-5,7-8,13H2,1H3. The quantitative estimate of drug-likeness (QED) is 0.782. The van der Waals surface area contributed by atoms with Gasteiger partial charge in [0, 0.05) is 30.4 Å². The van der Waals surface area contributed by atoms with Crippen molar-refractivity contribution in [1.82, 2.24) is 4.90 Å². The van der Waals surface area contributed by atoms with Crippen LogP contribution in [0.2, 0.25) is 0 Å². The van der Waals surface area contributed by atoms with Gasteiger partial charge in [0.1, 0.15) is 12.4 Å². The zero-order chi connectivity index (χ0) is 12.3. The van der Waals surface area contributed by atoms with Crippen molar-refractivity contribution in [3.05, 3.63) is 23.8 Å². The number of morpholine rings is 1. The van der Waals surface area contributed by atoms with Gasteiger partial charge in [-0.1, -0.05) is 6.07 Å². The van der Waals surface area contributed by atoms with Crippen LogP contribution in [0.3, 0.4) is 0 Å². The summed E-state index contributed by atoms with van der Waals surface area (Å²) in [6, 6.07) is 5.46. The molecule has 0 saturated carbocycles. The predicted octanol–water partition coefficient (Wildman–Crippen LogP) is 0.636. The second-order valence-corrected chi connectivity index (χ2v) is 3.94. The zero-order valence-corrected chi connectivity index (χ0v) is 9.81. The van der Waals surface area contributed by atoms with Crippen LogP contribution in [0, 0.1) is 0 Å². The average molecular weight is 236 g/mol. The maximum Gasteiger partial charge on any atom is 0.248 e. The van der Waals surface area contributed by atoms with Gasteiger partial charge in [0.2, 0.25) is 5.91 Å². The first-order valence-electron chi connectivity index (χ1n) is 5.48. The number of rotatable bonds is 3. The van der Waals surface area contributed by atoms with Crippen molar-refractivity contribution in [3.63, 3.8) is 0 Å². The Morgan fingerprint density at radius 1 is 1.53 bits per heavy atom. The number of ether oxygens (including phenoxy) is 2. The Hall–Kier alpha value is -1.75. The van der Waals surface area contributed by atoms with Crippen molar-refractivity contribution < 1.29 is 14.3 Å². The van der Waals surface area contributed by atoms with Crippen LogP contribution in [0.5, 0.6) is 5.75 Å². The van der Waals surface area contributed by atoms with Crippen LogP contribution >= 0.6 is 0 Å². The Bertz CT molecular complexity index is 420. The Morgan fingerprint density at radius 2 is 2.35 bits per heavy atom. The smallest absolute Gasteiger partial charge is 0.248 e. The van der Waals surface area contributed by atoms with Gasteiger partial charge in [-0.05, 0) is 6.07 Å². The molecule has 5 nitrogen and oxygen atoms in total. The summed E-state index contributed by atoms with van der Waals surface area (Å²) < 4.78 is 10.3. The molecule has 1 heterocycles. The molecule has 0 bridgehead atoms. The second kappa shape index (κ2) is 5.05. The van der Waals surface area contributed by atoms with E-state index in [0.717, 1.165) is 5.56 Å². The van der Waals surface area contributed by atoms with Crippen LogP contribution in [0.4, 0.5) is 5.69 Å². The summed E-state index contributed by atoms with van der Waals surface area (Å²) in [7, 11) is 1.60. The number of anilines is 1. The van der Waals surface area contributed by atoms with Crippen molar-refractivity contribution in [1.29, 1.82) is 0 Å². The number of benzene rings is 1. The summed E-state index contributed by atoms with van der Waals surface area (Å²) in [6.45, 7) is 1.90. The number of nitrogens with two attached hydrogens (primary N) is 1. The third-order valence-corrected chi connectivity index (χ3v) is 2.76. The highest BCUT2D eigenvalue weighted by molar-refractivity contribution is 5.78. The molecule has 1 aliphatic rings. The van der Waals surface area contributed by atoms with Gasteiger partial charge >= 0.3 is 0 Å². The van der Waals surface area contributed by atoms with E-state index in [4.69, 9.17) is 15.2 Å². The first-order valence-corrected chi connectivity index (χ1v) is 5.48. The van der Waals surface area contributed by atoms with Gasteiger partial charge in [0.15, 0.2) is 0 Å². The molecule has 1 aliphatic heterocycles. The Kier molecular flexibility index (Phi) is 3.49. The lowest BCUT2D eigenvalue weighted by Gasteiger charge is -2.27. The van der Waals surface area contributed by atoms with Crippen molar-refractivity contribution in [2.45, 2.75) is 6.54 Å². The molecule has 1 fully saturated rings. The average Bonchev–Trinajstić information content (AvgIpc) is 2.34. The summed E-state index contributed by atoms with van der Waals surface area (Å²) in [5, 5.41) is 0. The monoisotopic (exact) mass is 236 g/mol. The van der Waals surface area contributed by atoms with Gasteiger partial charge in [-0.2, -0.15) is 0 Å². The molecule has 2 N–H and O–H groups in total. The zero-order valence-electron chi connectivity index (χ0n) is 9.81. The first kappa shape index (κ1) is 11.7. The molecule has 1 saturated heterocycles. The number of methoxy groups -OCH3 is 1. The summed E-state index contributed by atoms with van der Waals surface area (Å²) >= 11 is 0. The van der Waals surface area contributed by atoms with E-state index >= 15 is 0 Å². The number of carbonyl (C=O) groups excluding carboxylic acids is 1. The molecule has 2 rings (SSSR count). The number of amides is 1. The van der Waals surface area contributed by atoms with Gasteiger partial charge in [-0.3, -0.25) is 4.79 Å². The summed E-state index contributed by atoms with van der Waals surface area (Å²) in [5.41, 5.74) is 7.29. The number of nitrogens with zero attached hydrogens (tertiary/aromatic N) is 1. The lowest BCUT2D eigenvalue weighted by molar-refractivity contribution is -0.143. The fourth-order valence-electron chi connectivity index (χ4n) is 1.81. The maximum atomic E-state index is 11.6. The largest absolute Gasteiger partial charge is 0.496 e. The molecule has 0 radical (unpaired) electrons.